The van der Waals surface area contributed by atoms with Crippen LogP contribution in [0.4, 0.5) is 0 Å². The summed E-state index contributed by atoms with van der Waals surface area (Å²) < 4.78 is 12.1. The van der Waals surface area contributed by atoms with Crippen LogP contribution < -0.4 is 9.47 Å². The van der Waals surface area contributed by atoms with Crippen LogP contribution in [0.5, 0.6) is 11.5 Å². The average molecular weight is 346 g/mol. The van der Waals surface area contributed by atoms with Crippen molar-refractivity contribution < 1.29 is 14.3 Å². The lowest BCUT2D eigenvalue weighted by molar-refractivity contribution is -0.116. The van der Waals surface area contributed by atoms with Crippen molar-refractivity contribution >= 4 is 5.78 Å². The van der Waals surface area contributed by atoms with Crippen molar-refractivity contribution in [1.29, 1.82) is 0 Å². The number of rotatable bonds is 8. The Morgan fingerprint density at radius 2 is 1.31 bits per heavy atom. The standard InChI is InChI=1S/C23H22O3/c1-18(24)15-21-13-8-14-22(25-16-19-9-4-2-5-10-19)23(21)26-17-20-11-6-3-7-12-20/h2-14H,15-17H2,1H3. The van der Waals surface area contributed by atoms with E-state index < -0.39 is 0 Å². The molecule has 0 aromatic heterocycles. The van der Waals surface area contributed by atoms with E-state index in [2.05, 4.69) is 0 Å². The van der Waals surface area contributed by atoms with Crippen molar-refractivity contribution in [2.75, 3.05) is 0 Å². The van der Waals surface area contributed by atoms with Gasteiger partial charge in [0, 0.05) is 12.0 Å². The Hall–Kier alpha value is -3.07. The smallest absolute Gasteiger partial charge is 0.165 e. The van der Waals surface area contributed by atoms with Gasteiger partial charge >= 0.3 is 0 Å². The second-order valence-corrected chi connectivity index (χ2v) is 6.17. The van der Waals surface area contributed by atoms with Gasteiger partial charge in [0.05, 0.1) is 0 Å². The molecule has 132 valence electrons. The number of para-hydroxylation sites is 1. The highest BCUT2D eigenvalue weighted by atomic mass is 16.5. The normalized spacial score (nSPS) is 10.3. The minimum atomic E-state index is 0.0924. The summed E-state index contributed by atoms with van der Waals surface area (Å²) in [5.41, 5.74) is 3.00. The minimum absolute atomic E-state index is 0.0924. The number of ketones is 1. The fraction of sp³-hybridized carbons (Fsp3) is 0.174. The first-order valence-corrected chi connectivity index (χ1v) is 8.67. The molecule has 3 aromatic rings. The van der Waals surface area contributed by atoms with Gasteiger partial charge in [0.2, 0.25) is 0 Å². The third-order valence-electron chi connectivity index (χ3n) is 3.96. The van der Waals surface area contributed by atoms with Gasteiger partial charge in [-0.25, -0.2) is 0 Å². The van der Waals surface area contributed by atoms with E-state index in [9.17, 15) is 4.79 Å². The van der Waals surface area contributed by atoms with Crippen LogP contribution in [-0.2, 0) is 24.4 Å². The number of benzene rings is 3. The van der Waals surface area contributed by atoms with Crippen LogP contribution in [0.3, 0.4) is 0 Å². The molecule has 3 nitrogen and oxygen atoms in total. The summed E-state index contributed by atoms with van der Waals surface area (Å²) in [6.07, 6.45) is 0.326. The largest absolute Gasteiger partial charge is 0.485 e. The second-order valence-electron chi connectivity index (χ2n) is 6.17. The van der Waals surface area contributed by atoms with Gasteiger partial charge < -0.3 is 9.47 Å². The zero-order valence-electron chi connectivity index (χ0n) is 14.9. The lowest BCUT2D eigenvalue weighted by Gasteiger charge is -2.16. The molecule has 0 aliphatic carbocycles. The summed E-state index contributed by atoms with van der Waals surface area (Å²) in [5.74, 6) is 1.39. The molecule has 0 N–H and O–H groups in total. The first kappa shape index (κ1) is 17.7. The molecule has 3 rings (SSSR count). The summed E-state index contributed by atoms with van der Waals surface area (Å²) in [6.45, 7) is 2.46. The van der Waals surface area contributed by atoms with E-state index >= 15 is 0 Å². The van der Waals surface area contributed by atoms with Gasteiger partial charge in [0.25, 0.3) is 0 Å². The number of ether oxygens (including phenoxy) is 2. The topological polar surface area (TPSA) is 35.5 Å². The van der Waals surface area contributed by atoms with Crippen LogP contribution in [0.15, 0.2) is 78.9 Å². The van der Waals surface area contributed by atoms with Crippen molar-refractivity contribution in [2.45, 2.75) is 26.6 Å². The van der Waals surface area contributed by atoms with Crippen LogP contribution in [0.2, 0.25) is 0 Å². The molecule has 0 unspecified atom stereocenters. The highest BCUT2D eigenvalue weighted by Crippen LogP contribution is 2.33. The number of carbonyl (C=O) groups is 1. The van der Waals surface area contributed by atoms with E-state index in [0.717, 1.165) is 16.7 Å². The van der Waals surface area contributed by atoms with Crippen molar-refractivity contribution in [3.8, 4) is 11.5 Å². The van der Waals surface area contributed by atoms with Crippen LogP contribution in [0, 0.1) is 0 Å². The first-order chi connectivity index (χ1) is 12.7. The summed E-state index contributed by atoms with van der Waals surface area (Å²) in [6, 6.07) is 25.6. The third-order valence-corrected chi connectivity index (χ3v) is 3.96. The third kappa shape index (κ3) is 4.96. The minimum Gasteiger partial charge on any atom is -0.485 e. The van der Waals surface area contributed by atoms with Gasteiger partial charge in [-0.3, -0.25) is 4.79 Å². The number of hydrogen-bond donors (Lipinski definition) is 0. The Bertz CT molecular complexity index is 842. The Morgan fingerprint density at radius 1 is 0.731 bits per heavy atom. The summed E-state index contributed by atoms with van der Waals surface area (Å²) in [4.78, 5) is 11.6. The summed E-state index contributed by atoms with van der Waals surface area (Å²) in [7, 11) is 0. The van der Waals surface area contributed by atoms with Crippen molar-refractivity contribution in [1.82, 2.24) is 0 Å². The fourth-order valence-electron chi connectivity index (χ4n) is 2.71. The molecule has 0 bridgehead atoms. The number of carbonyl (C=O) groups excluding carboxylic acids is 1. The van der Waals surface area contributed by atoms with Gasteiger partial charge in [-0.15, -0.1) is 0 Å². The number of hydrogen-bond acceptors (Lipinski definition) is 3. The maximum atomic E-state index is 11.6. The molecule has 0 aliphatic heterocycles. The molecule has 0 spiro atoms. The van der Waals surface area contributed by atoms with E-state index in [1.165, 1.54) is 0 Å². The SMILES string of the molecule is CC(=O)Cc1cccc(OCc2ccccc2)c1OCc1ccccc1. The summed E-state index contributed by atoms with van der Waals surface area (Å²) in [5, 5.41) is 0. The van der Waals surface area contributed by atoms with Crippen LogP contribution in [0.1, 0.15) is 23.6 Å². The van der Waals surface area contributed by atoms with E-state index in [0.29, 0.717) is 31.1 Å². The van der Waals surface area contributed by atoms with Gasteiger partial charge in [-0.05, 0) is 24.1 Å². The molecule has 0 amide bonds. The Balaban J connectivity index is 1.81. The molecule has 0 saturated heterocycles. The molecule has 3 aromatic carbocycles. The lowest BCUT2D eigenvalue weighted by Crippen LogP contribution is -2.05. The zero-order valence-corrected chi connectivity index (χ0v) is 14.9. The van der Waals surface area contributed by atoms with Gasteiger partial charge in [0.15, 0.2) is 11.5 Å². The molecule has 0 fully saturated rings. The molecular formula is C23H22O3. The molecule has 26 heavy (non-hydrogen) atoms. The van der Waals surface area contributed by atoms with Crippen molar-refractivity contribution in [2.24, 2.45) is 0 Å². The van der Waals surface area contributed by atoms with E-state index in [1.54, 1.807) is 6.92 Å². The monoisotopic (exact) mass is 346 g/mol. The van der Waals surface area contributed by atoms with Gasteiger partial charge in [-0.1, -0.05) is 72.8 Å². The Kier molecular flexibility index (Phi) is 6.05. The molecule has 0 atom stereocenters. The van der Waals surface area contributed by atoms with Gasteiger partial charge in [-0.2, -0.15) is 0 Å². The molecule has 3 heteroatoms. The predicted molar refractivity (Wildman–Crippen MR) is 102 cm³/mol. The highest BCUT2D eigenvalue weighted by molar-refractivity contribution is 5.79. The summed E-state index contributed by atoms with van der Waals surface area (Å²) >= 11 is 0. The second kappa shape index (κ2) is 8.86. The highest BCUT2D eigenvalue weighted by Gasteiger charge is 2.13. The molecule has 0 aliphatic rings. The Labute approximate surface area is 154 Å². The van der Waals surface area contributed by atoms with E-state index in [1.807, 2.05) is 78.9 Å². The van der Waals surface area contributed by atoms with E-state index in [4.69, 9.17) is 9.47 Å². The molecular weight excluding hydrogens is 324 g/mol. The van der Waals surface area contributed by atoms with Crippen LogP contribution in [0.25, 0.3) is 0 Å². The van der Waals surface area contributed by atoms with E-state index in [-0.39, 0.29) is 5.78 Å². The van der Waals surface area contributed by atoms with Crippen LogP contribution in [-0.4, -0.2) is 5.78 Å². The zero-order chi connectivity index (χ0) is 18.2. The quantitative estimate of drug-likeness (QED) is 0.577. The number of Topliss-reactive ketones (excluding diaryl/α,β-unsaturated/α-hetero) is 1. The molecule has 0 saturated carbocycles. The molecule has 0 heterocycles. The Morgan fingerprint density at radius 3 is 1.88 bits per heavy atom. The fourth-order valence-corrected chi connectivity index (χ4v) is 2.71. The lowest BCUT2D eigenvalue weighted by atomic mass is 10.1. The maximum Gasteiger partial charge on any atom is 0.165 e. The van der Waals surface area contributed by atoms with Crippen molar-refractivity contribution in [3.63, 3.8) is 0 Å². The van der Waals surface area contributed by atoms with Crippen molar-refractivity contribution in [3.05, 3.63) is 95.6 Å². The van der Waals surface area contributed by atoms with Crippen LogP contribution >= 0.6 is 0 Å². The maximum absolute atomic E-state index is 11.6. The first-order valence-electron chi connectivity index (χ1n) is 8.67. The van der Waals surface area contributed by atoms with Gasteiger partial charge in [0.1, 0.15) is 19.0 Å². The predicted octanol–water partition coefficient (Wildman–Crippen LogP) is 4.98. The molecule has 0 radical (unpaired) electrons. The average Bonchev–Trinajstić information content (AvgIpc) is 2.67.